The van der Waals surface area contributed by atoms with Crippen LogP contribution < -0.4 is 0 Å². The summed E-state index contributed by atoms with van der Waals surface area (Å²) in [7, 11) is -4.64. The first kappa shape index (κ1) is 23.4. The SMILES string of the molecule is CC(CO)N(CC(F)(F)F)C(=O)CC(F)(F)F.O=P(O)(O)O. The molecule has 1 unspecified atom stereocenters. The molecule has 0 aromatic carbocycles. The monoisotopic (exact) mass is 365 g/mol. The van der Waals surface area contributed by atoms with E-state index >= 15 is 0 Å². The molecule has 0 bridgehead atoms. The summed E-state index contributed by atoms with van der Waals surface area (Å²) in [5.41, 5.74) is 0. The lowest BCUT2D eigenvalue weighted by molar-refractivity contribution is -0.181. The summed E-state index contributed by atoms with van der Waals surface area (Å²) in [6, 6.07) is -1.33. The Morgan fingerprint density at radius 1 is 1.09 bits per heavy atom. The van der Waals surface area contributed by atoms with E-state index in [0.29, 0.717) is 0 Å². The van der Waals surface area contributed by atoms with Crippen LogP contribution in [0.4, 0.5) is 26.3 Å². The highest BCUT2D eigenvalue weighted by Gasteiger charge is 2.39. The number of hydrogen-bond donors (Lipinski definition) is 4. The van der Waals surface area contributed by atoms with E-state index in [2.05, 4.69) is 0 Å². The van der Waals surface area contributed by atoms with E-state index in [1.54, 1.807) is 0 Å². The predicted octanol–water partition coefficient (Wildman–Crippen LogP) is 0.782. The number of carbonyl (C=O) groups excluding carboxylic acids is 1. The van der Waals surface area contributed by atoms with Gasteiger partial charge in [0.2, 0.25) is 5.91 Å². The van der Waals surface area contributed by atoms with E-state index in [1.165, 1.54) is 0 Å². The lowest BCUT2D eigenvalue weighted by atomic mass is 10.2. The summed E-state index contributed by atoms with van der Waals surface area (Å²) in [5.74, 6) is -1.71. The van der Waals surface area contributed by atoms with Crippen molar-refractivity contribution < 1.29 is 55.5 Å². The van der Waals surface area contributed by atoms with Gasteiger partial charge in [-0.1, -0.05) is 0 Å². The number of aliphatic hydroxyl groups is 1. The Bertz CT molecular complexity index is 385. The van der Waals surface area contributed by atoms with Crippen LogP contribution in [-0.2, 0) is 9.36 Å². The molecule has 0 aliphatic rings. The first-order valence-corrected chi connectivity index (χ1v) is 6.85. The van der Waals surface area contributed by atoms with E-state index in [1.807, 2.05) is 0 Å². The second-order valence-corrected chi connectivity index (χ2v) is 5.00. The summed E-state index contributed by atoms with van der Waals surface area (Å²) < 4.78 is 80.6. The van der Waals surface area contributed by atoms with Gasteiger partial charge in [0.1, 0.15) is 13.0 Å². The zero-order valence-corrected chi connectivity index (χ0v) is 11.9. The molecular weight excluding hydrogens is 351 g/mol. The molecule has 4 N–H and O–H groups in total. The molecule has 0 heterocycles. The third-order valence-corrected chi connectivity index (χ3v) is 1.82. The van der Waals surface area contributed by atoms with Crippen molar-refractivity contribution in [3.05, 3.63) is 0 Å². The molecule has 134 valence electrons. The number of rotatable bonds is 4. The lowest BCUT2D eigenvalue weighted by Gasteiger charge is -2.29. The maximum Gasteiger partial charge on any atom is 0.466 e. The van der Waals surface area contributed by atoms with Gasteiger partial charge < -0.3 is 24.7 Å². The summed E-state index contributed by atoms with van der Waals surface area (Å²) in [4.78, 5) is 32.6. The summed E-state index contributed by atoms with van der Waals surface area (Å²) in [5, 5.41) is 8.61. The molecular formula is C8H14F6NO6P. The Morgan fingerprint density at radius 3 is 1.68 bits per heavy atom. The molecule has 1 atom stereocenters. The fourth-order valence-electron chi connectivity index (χ4n) is 1.05. The van der Waals surface area contributed by atoms with Gasteiger partial charge in [-0.2, -0.15) is 26.3 Å². The number of nitrogens with zero attached hydrogens (tertiary/aromatic N) is 1. The van der Waals surface area contributed by atoms with Gasteiger partial charge in [-0.15, -0.1) is 0 Å². The van der Waals surface area contributed by atoms with Crippen LogP contribution in [0.3, 0.4) is 0 Å². The molecule has 14 heteroatoms. The minimum atomic E-state index is -4.88. The van der Waals surface area contributed by atoms with E-state index in [-0.39, 0.29) is 4.90 Å². The van der Waals surface area contributed by atoms with Gasteiger partial charge in [0.05, 0.1) is 12.6 Å². The maximum absolute atomic E-state index is 12.0. The first-order valence-electron chi connectivity index (χ1n) is 5.28. The molecule has 22 heavy (non-hydrogen) atoms. The van der Waals surface area contributed by atoms with E-state index in [4.69, 9.17) is 24.4 Å². The largest absolute Gasteiger partial charge is 0.466 e. The highest BCUT2D eigenvalue weighted by molar-refractivity contribution is 7.45. The molecule has 0 rings (SSSR count). The third kappa shape index (κ3) is 17.2. The number of hydrogen-bond acceptors (Lipinski definition) is 3. The van der Waals surface area contributed by atoms with Crippen LogP contribution in [-0.4, -0.2) is 62.1 Å². The third-order valence-electron chi connectivity index (χ3n) is 1.82. The molecule has 0 radical (unpaired) electrons. The highest BCUT2D eigenvalue weighted by atomic mass is 31.2. The second kappa shape index (κ2) is 8.67. The number of aliphatic hydroxyl groups excluding tert-OH is 1. The molecule has 0 saturated heterocycles. The Hall–Kier alpha value is -0.880. The zero-order valence-electron chi connectivity index (χ0n) is 11.0. The van der Waals surface area contributed by atoms with E-state index < -0.39 is 51.7 Å². The molecule has 7 nitrogen and oxygen atoms in total. The van der Waals surface area contributed by atoms with Crippen molar-refractivity contribution in [1.82, 2.24) is 4.90 Å². The predicted molar refractivity (Wildman–Crippen MR) is 59.3 cm³/mol. The van der Waals surface area contributed by atoms with Crippen molar-refractivity contribution in [2.75, 3.05) is 13.2 Å². The smallest absolute Gasteiger partial charge is 0.394 e. The van der Waals surface area contributed by atoms with Gasteiger partial charge in [0.15, 0.2) is 0 Å². The van der Waals surface area contributed by atoms with Gasteiger partial charge in [-0.25, -0.2) is 4.57 Å². The number of halogens is 6. The van der Waals surface area contributed by atoms with Crippen LogP contribution in [0.15, 0.2) is 0 Å². The quantitative estimate of drug-likeness (QED) is 0.432. The average Bonchev–Trinajstić information content (AvgIpc) is 2.18. The summed E-state index contributed by atoms with van der Waals surface area (Å²) in [6.45, 7) is -1.64. The minimum absolute atomic E-state index is 0.0342. The van der Waals surface area contributed by atoms with Crippen molar-refractivity contribution in [1.29, 1.82) is 0 Å². The van der Waals surface area contributed by atoms with Crippen LogP contribution in [0.2, 0.25) is 0 Å². The standard InChI is InChI=1S/C8H11F6NO2.H3O4P/c1-5(3-16)15(4-8(12,13)14)6(17)2-7(9,10)11;1-5(2,3)4/h5,16H,2-4H2,1H3;(H3,1,2,3,4). The Morgan fingerprint density at radius 2 is 1.45 bits per heavy atom. The number of carbonyl (C=O) groups is 1. The number of phosphoric acid groups is 1. The molecule has 1 amide bonds. The van der Waals surface area contributed by atoms with Crippen LogP contribution in [0.5, 0.6) is 0 Å². The Kier molecular flexibility index (Phi) is 9.22. The fraction of sp³-hybridized carbons (Fsp3) is 0.875. The van der Waals surface area contributed by atoms with Gasteiger partial charge in [0, 0.05) is 0 Å². The van der Waals surface area contributed by atoms with Crippen LogP contribution in [0.25, 0.3) is 0 Å². The topological polar surface area (TPSA) is 118 Å². The fourth-order valence-corrected chi connectivity index (χ4v) is 1.05. The summed E-state index contributed by atoms with van der Waals surface area (Å²) in [6.07, 6.45) is -11.7. The van der Waals surface area contributed by atoms with Crippen LogP contribution >= 0.6 is 7.82 Å². The average molecular weight is 365 g/mol. The van der Waals surface area contributed by atoms with Gasteiger partial charge in [-0.05, 0) is 6.92 Å². The Labute approximate surface area is 120 Å². The van der Waals surface area contributed by atoms with E-state index in [9.17, 15) is 31.1 Å². The van der Waals surface area contributed by atoms with Crippen molar-refractivity contribution in [3.63, 3.8) is 0 Å². The molecule has 0 spiro atoms. The lowest BCUT2D eigenvalue weighted by Crippen LogP contribution is -2.47. The minimum Gasteiger partial charge on any atom is -0.394 e. The molecule has 0 aromatic heterocycles. The summed E-state index contributed by atoms with van der Waals surface area (Å²) >= 11 is 0. The van der Waals surface area contributed by atoms with Crippen molar-refractivity contribution in [2.45, 2.75) is 31.7 Å². The molecule has 0 fully saturated rings. The number of amides is 1. The first-order chi connectivity index (χ1) is 9.46. The van der Waals surface area contributed by atoms with Crippen molar-refractivity contribution in [2.24, 2.45) is 0 Å². The van der Waals surface area contributed by atoms with Gasteiger partial charge in [0.25, 0.3) is 0 Å². The molecule has 0 aliphatic heterocycles. The van der Waals surface area contributed by atoms with Crippen molar-refractivity contribution in [3.8, 4) is 0 Å². The molecule has 0 aromatic rings. The molecule has 0 saturated carbocycles. The normalized spacial score (nSPS) is 14.0. The van der Waals surface area contributed by atoms with E-state index in [0.717, 1.165) is 6.92 Å². The van der Waals surface area contributed by atoms with Crippen LogP contribution in [0.1, 0.15) is 13.3 Å². The highest BCUT2D eigenvalue weighted by Crippen LogP contribution is 2.26. The van der Waals surface area contributed by atoms with Gasteiger partial charge >= 0.3 is 20.2 Å². The zero-order chi connectivity index (χ0) is 18.4. The van der Waals surface area contributed by atoms with Crippen LogP contribution in [0, 0.1) is 0 Å². The second-order valence-electron chi connectivity index (χ2n) is 3.97. The van der Waals surface area contributed by atoms with Crippen molar-refractivity contribution >= 4 is 13.7 Å². The van der Waals surface area contributed by atoms with Gasteiger partial charge in [-0.3, -0.25) is 4.79 Å². The number of alkyl halides is 6. The molecule has 0 aliphatic carbocycles. The maximum atomic E-state index is 12.0. The Balaban J connectivity index is 0.